The first-order valence-corrected chi connectivity index (χ1v) is 6.18. The summed E-state index contributed by atoms with van der Waals surface area (Å²) >= 11 is 0. The number of hydrogen-bond acceptors (Lipinski definition) is 1. The van der Waals surface area contributed by atoms with Crippen LogP contribution < -0.4 is 0 Å². The van der Waals surface area contributed by atoms with Crippen LogP contribution in [0.4, 0.5) is 0 Å². The van der Waals surface area contributed by atoms with Gasteiger partial charge >= 0.3 is 0 Å². The summed E-state index contributed by atoms with van der Waals surface area (Å²) in [6.45, 7) is 6.32. The smallest absolute Gasteiger partial charge is 0.137 e. The molecule has 2 nitrogen and oxygen atoms in total. The lowest BCUT2D eigenvalue weighted by Gasteiger charge is -2.07. The van der Waals surface area contributed by atoms with E-state index in [0.717, 1.165) is 11.3 Å². The van der Waals surface area contributed by atoms with E-state index in [-0.39, 0.29) is 0 Å². The van der Waals surface area contributed by atoms with Crippen LogP contribution >= 0.6 is 0 Å². The summed E-state index contributed by atoms with van der Waals surface area (Å²) in [4.78, 5) is 4.67. The van der Waals surface area contributed by atoms with Crippen molar-refractivity contribution < 1.29 is 0 Å². The second-order valence-electron chi connectivity index (χ2n) is 4.78. The molecule has 0 saturated heterocycles. The Labute approximate surface area is 107 Å². The lowest BCUT2D eigenvalue weighted by molar-refractivity contribution is 1.09. The molecule has 0 amide bonds. The molecule has 0 unspecified atom stereocenters. The van der Waals surface area contributed by atoms with Crippen molar-refractivity contribution >= 4 is 5.65 Å². The van der Waals surface area contributed by atoms with Crippen LogP contribution in [0.25, 0.3) is 16.9 Å². The van der Waals surface area contributed by atoms with E-state index in [1.165, 1.54) is 22.5 Å². The average Bonchev–Trinajstić information content (AvgIpc) is 2.66. The first-order valence-electron chi connectivity index (χ1n) is 6.18. The molecule has 0 saturated carbocycles. The van der Waals surface area contributed by atoms with E-state index in [0.29, 0.717) is 0 Å². The van der Waals surface area contributed by atoms with Gasteiger partial charge in [-0.05, 0) is 38.5 Å². The van der Waals surface area contributed by atoms with Crippen LogP contribution in [-0.2, 0) is 0 Å². The summed E-state index contributed by atoms with van der Waals surface area (Å²) in [5.41, 5.74) is 7.00. The van der Waals surface area contributed by atoms with E-state index < -0.39 is 0 Å². The van der Waals surface area contributed by atoms with Gasteiger partial charge in [-0.3, -0.25) is 4.40 Å². The zero-order valence-corrected chi connectivity index (χ0v) is 10.9. The van der Waals surface area contributed by atoms with Gasteiger partial charge in [0.1, 0.15) is 5.65 Å². The van der Waals surface area contributed by atoms with Gasteiger partial charge in [-0.15, -0.1) is 0 Å². The van der Waals surface area contributed by atoms with Gasteiger partial charge in [-0.25, -0.2) is 4.98 Å². The molecule has 0 radical (unpaired) electrons. The number of aromatic nitrogens is 2. The molecule has 2 aromatic heterocycles. The van der Waals surface area contributed by atoms with Crippen LogP contribution in [-0.4, -0.2) is 9.38 Å². The molecule has 3 aromatic rings. The van der Waals surface area contributed by atoms with Gasteiger partial charge in [0.25, 0.3) is 0 Å². The fourth-order valence-corrected chi connectivity index (χ4v) is 2.58. The second-order valence-corrected chi connectivity index (χ2v) is 4.78. The van der Waals surface area contributed by atoms with Crippen molar-refractivity contribution in [2.75, 3.05) is 0 Å². The zero-order chi connectivity index (χ0) is 12.7. The normalized spacial score (nSPS) is 11.1. The third-order valence-electron chi connectivity index (χ3n) is 3.27. The Hall–Kier alpha value is -2.09. The number of aryl methyl sites for hydroxylation is 3. The number of benzene rings is 1. The Bertz CT molecular complexity index is 709. The molecule has 0 aliphatic carbocycles. The minimum Gasteiger partial charge on any atom is -0.297 e. The van der Waals surface area contributed by atoms with Crippen LogP contribution in [0.15, 0.2) is 42.5 Å². The molecule has 0 atom stereocenters. The predicted octanol–water partition coefficient (Wildman–Crippen LogP) is 3.93. The molecule has 2 heterocycles. The highest BCUT2D eigenvalue weighted by atomic mass is 15.0. The molecule has 3 rings (SSSR count). The number of fused-ring (bicyclic) bond motifs is 1. The molecule has 0 aliphatic rings. The van der Waals surface area contributed by atoms with Crippen LogP contribution in [0.5, 0.6) is 0 Å². The van der Waals surface area contributed by atoms with E-state index in [2.05, 4.69) is 66.6 Å². The molecular weight excluding hydrogens is 220 g/mol. The third-order valence-corrected chi connectivity index (χ3v) is 3.27. The minimum atomic E-state index is 1.03. The van der Waals surface area contributed by atoms with E-state index in [1.54, 1.807) is 0 Å². The van der Waals surface area contributed by atoms with E-state index in [1.807, 2.05) is 6.07 Å². The Morgan fingerprint density at radius 1 is 0.944 bits per heavy atom. The van der Waals surface area contributed by atoms with Crippen molar-refractivity contribution in [1.82, 2.24) is 9.38 Å². The second kappa shape index (κ2) is 3.98. The quantitative estimate of drug-likeness (QED) is 0.626. The lowest BCUT2D eigenvalue weighted by atomic mass is 10.1. The molecule has 0 aliphatic heterocycles. The maximum absolute atomic E-state index is 4.67. The summed E-state index contributed by atoms with van der Waals surface area (Å²) in [6.07, 6.45) is 0. The molecule has 1 aromatic carbocycles. The van der Waals surface area contributed by atoms with E-state index in [4.69, 9.17) is 0 Å². The van der Waals surface area contributed by atoms with Gasteiger partial charge in [0.2, 0.25) is 0 Å². The molecular formula is C16H16N2. The monoisotopic (exact) mass is 236 g/mol. The van der Waals surface area contributed by atoms with Gasteiger partial charge < -0.3 is 0 Å². The predicted molar refractivity (Wildman–Crippen MR) is 74.8 cm³/mol. The summed E-state index contributed by atoms with van der Waals surface area (Å²) in [7, 11) is 0. The first-order chi connectivity index (χ1) is 8.66. The Balaban J connectivity index is 2.40. The highest BCUT2D eigenvalue weighted by Gasteiger charge is 2.12. The van der Waals surface area contributed by atoms with Gasteiger partial charge in [0.05, 0.1) is 11.4 Å². The van der Waals surface area contributed by atoms with Crippen molar-refractivity contribution in [2.24, 2.45) is 0 Å². The fraction of sp³-hybridized carbons (Fsp3) is 0.188. The molecule has 18 heavy (non-hydrogen) atoms. The highest BCUT2D eigenvalue weighted by Crippen LogP contribution is 2.26. The van der Waals surface area contributed by atoms with E-state index >= 15 is 0 Å². The van der Waals surface area contributed by atoms with Gasteiger partial charge in [0, 0.05) is 11.3 Å². The van der Waals surface area contributed by atoms with Crippen molar-refractivity contribution in [2.45, 2.75) is 20.8 Å². The number of rotatable bonds is 1. The largest absolute Gasteiger partial charge is 0.297 e. The van der Waals surface area contributed by atoms with Crippen molar-refractivity contribution in [3.63, 3.8) is 0 Å². The highest BCUT2D eigenvalue weighted by molar-refractivity contribution is 5.68. The number of hydrogen-bond donors (Lipinski definition) is 0. The zero-order valence-electron chi connectivity index (χ0n) is 10.9. The maximum Gasteiger partial charge on any atom is 0.137 e. The molecule has 0 bridgehead atoms. The number of pyridine rings is 1. The average molecular weight is 236 g/mol. The molecule has 0 spiro atoms. The fourth-order valence-electron chi connectivity index (χ4n) is 2.58. The lowest BCUT2D eigenvalue weighted by Crippen LogP contribution is -1.95. The van der Waals surface area contributed by atoms with Crippen molar-refractivity contribution in [3.8, 4) is 11.3 Å². The van der Waals surface area contributed by atoms with Crippen LogP contribution in [0.3, 0.4) is 0 Å². The summed E-state index contributed by atoms with van der Waals surface area (Å²) in [6, 6.07) is 14.8. The summed E-state index contributed by atoms with van der Waals surface area (Å²) in [5, 5.41) is 0. The topological polar surface area (TPSA) is 17.3 Å². The van der Waals surface area contributed by atoms with Crippen LogP contribution in [0, 0.1) is 20.8 Å². The summed E-state index contributed by atoms with van der Waals surface area (Å²) < 4.78 is 2.23. The van der Waals surface area contributed by atoms with Crippen molar-refractivity contribution in [1.29, 1.82) is 0 Å². The Morgan fingerprint density at radius 3 is 2.39 bits per heavy atom. The van der Waals surface area contributed by atoms with Crippen LogP contribution in [0.2, 0.25) is 0 Å². The number of imidazole rings is 1. The van der Waals surface area contributed by atoms with Gasteiger partial charge in [0.15, 0.2) is 0 Å². The molecule has 2 heteroatoms. The third kappa shape index (κ3) is 1.61. The minimum absolute atomic E-state index is 1.03. The molecule has 0 fully saturated rings. The maximum atomic E-state index is 4.67. The van der Waals surface area contributed by atoms with E-state index in [9.17, 15) is 0 Å². The van der Waals surface area contributed by atoms with Gasteiger partial charge in [-0.1, -0.05) is 30.3 Å². The van der Waals surface area contributed by atoms with Crippen LogP contribution in [0.1, 0.15) is 17.0 Å². The SMILES string of the molecule is Cc1cc(C)n2c(-c3ccccc3)c(C)nc2c1. The molecule has 90 valence electrons. The summed E-state index contributed by atoms with van der Waals surface area (Å²) in [5.74, 6) is 0. The standard InChI is InChI=1S/C16H16N2/c1-11-9-12(2)18-15(10-11)17-13(3)16(18)14-7-5-4-6-8-14/h4-10H,1-3H3. The van der Waals surface area contributed by atoms with Crippen molar-refractivity contribution in [3.05, 3.63) is 59.4 Å². The Morgan fingerprint density at radius 2 is 1.67 bits per heavy atom. The first kappa shape index (κ1) is 11.0. The van der Waals surface area contributed by atoms with Gasteiger partial charge in [-0.2, -0.15) is 0 Å². The Kier molecular flexibility index (Phi) is 2.44. The number of nitrogens with zero attached hydrogens (tertiary/aromatic N) is 2. The molecule has 0 N–H and O–H groups in total.